The summed E-state index contributed by atoms with van der Waals surface area (Å²) in [5.74, 6) is 1.60. The van der Waals surface area contributed by atoms with Crippen molar-refractivity contribution in [2.45, 2.75) is 18.9 Å². The average molecular weight is 448 g/mol. The molecule has 4 rings (SSSR count). The van der Waals surface area contributed by atoms with Crippen LogP contribution >= 0.6 is 15.9 Å². The smallest absolute Gasteiger partial charge is 0.220 e. The number of furan rings is 1. The molecule has 28 heavy (non-hydrogen) atoms. The molecule has 1 amide bonds. The molecule has 1 aliphatic rings. The molecule has 8 nitrogen and oxygen atoms in total. The second kappa shape index (κ2) is 8.85. The minimum Gasteiger partial charge on any atom is -0.468 e. The van der Waals surface area contributed by atoms with E-state index in [-0.39, 0.29) is 11.9 Å². The van der Waals surface area contributed by atoms with Gasteiger partial charge in [-0.2, -0.15) is 0 Å². The number of hydrogen-bond acceptors (Lipinski definition) is 6. The number of aromatic amines is 1. The number of ether oxygens (including phenoxy) is 1. The first-order chi connectivity index (χ1) is 13.7. The van der Waals surface area contributed by atoms with Gasteiger partial charge in [0, 0.05) is 43.1 Å². The van der Waals surface area contributed by atoms with Crippen molar-refractivity contribution in [3.8, 4) is 0 Å². The summed E-state index contributed by atoms with van der Waals surface area (Å²) in [5.41, 5.74) is 1.51. The van der Waals surface area contributed by atoms with Crippen molar-refractivity contribution in [3.63, 3.8) is 0 Å². The van der Waals surface area contributed by atoms with Gasteiger partial charge in [-0.25, -0.2) is 9.97 Å². The Labute approximate surface area is 170 Å². The van der Waals surface area contributed by atoms with Gasteiger partial charge in [-0.15, -0.1) is 0 Å². The van der Waals surface area contributed by atoms with Gasteiger partial charge in [-0.1, -0.05) is 0 Å². The maximum absolute atomic E-state index is 12.4. The van der Waals surface area contributed by atoms with Crippen LogP contribution in [0.5, 0.6) is 0 Å². The summed E-state index contributed by atoms with van der Waals surface area (Å²) in [6, 6.07) is 5.76. The molecule has 1 atom stereocenters. The van der Waals surface area contributed by atoms with Gasteiger partial charge in [0.2, 0.25) is 5.91 Å². The zero-order valence-electron chi connectivity index (χ0n) is 15.4. The van der Waals surface area contributed by atoms with Gasteiger partial charge in [0.1, 0.15) is 11.6 Å². The summed E-state index contributed by atoms with van der Waals surface area (Å²) in [6.07, 6.45) is 4.26. The number of H-pyrrole nitrogens is 1. The van der Waals surface area contributed by atoms with E-state index >= 15 is 0 Å². The first kappa shape index (κ1) is 19.1. The topological polar surface area (TPSA) is 96.3 Å². The molecule has 3 aromatic heterocycles. The Hall–Kier alpha value is -2.23. The molecule has 9 heteroatoms. The number of morpholine rings is 1. The van der Waals surface area contributed by atoms with Gasteiger partial charge in [-0.3, -0.25) is 9.69 Å². The molecule has 0 radical (unpaired) electrons. The highest BCUT2D eigenvalue weighted by Crippen LogP contribution is 2.22. The van der Waals surface area contributed by atoms with E-state index in [1.165, 1.54) is 0 Å². The summed E-state index contributed by atoms with van der Waals surface area (Å²) in [6.45, 7) is 3.54. The van der Waals surface area contributed by atoms with Gasteiger partial charge in [0.25, 0.3) is 0 Å². The number of amides is 1. The third-order valence-corrected chi connectivity index (χ3v) is 5.23. The van der Waals surface area contributed by atoms with Crippen molar-refractivity contribution in [3.05, 3.63) is 46.7 Å². The maximum Gasteiger partial charge on any atom is 0.220 e. The Kier molecular flexibility index (Phi) is 6.04. The largest absolute Gasteiger partial charge is 0.468 e. The van der Waals surface area contributed by atoms with Gasteiger partial charge in [0.05, 0.1) is 31.0 Å². The van der Waals surface area contributed by atoms with Crippen LogP contribution in [0.2, 0.25) is 0 Å². The van der Waals surface area contributed by atoms with Crippen LogP contribution in [-0.2, 0) is 16.0 Å². The standard InChI is InChI=1S/C19H22BrN5O3/c20-13-10-14-19(22-11-13)24-17(23-14)3-4-18(26)21-12-15(16-2-1-7-28-16)25-5-8-27-9-6-25/h1-2,7,10-11,15H,3-6,8-9,12H2,(H,21,26)(H,22,23,24)/t15-/m1/s1. The van der Waals surface area contributed by atoms with E-state index in [4.69, 9.17) is 9.15 Å². The monoisotopic (exact) mass is 447 g/mol. The van der Waals surface area contributed by atoms with Crippen LogP contribution in [0.4, 0.5) is 0 Å². The molecule has 2 N–H and O–H groups in total. The SMILES string of the molecule is O=C(CCc1nc2ncc(Br)cc2[nH]1)NC[C@H](c1ccco1)N1CCOCC1. The zero-order valence-corrected chi connectivity index (χ0v) is 16.9. The Morgan fingerprint density at radius 3 is 3.04 bits per heavy atom. The number of fused-ring (bicyclic) bond motifs is 1. The minimum absolute atomic E-state index is 0.00982. The Balaban J connectivity index is 1.32. The molecule has 3 aromatic rings. The minimum atomic E-state index is -0.0144. The number of nitrogens with one attached hydrogen (secondary N) is 2. The van der Waals surface area contributed by atoms with E-state index < -0.39 is 0 Å². The number of nitrogens with zero attached hydrogens (tertiary/aromatic N) is 3. The number of carbonyl (C=O) groups is 1. The van der Waals surface area contributed by atoms with Crippen LogP contribution in [0.15, 0.2) is 39.5 Å². The third-order valence-electron chi connectivity index (χ3n) is 4.79. The summed E-state index contributed by atoms with van der Waals surface area (Å²) in [7, 11) is 0. The fourth-order valence-corrected chi connectivity index (χ4v) is 3.68. The van der Waals surface area contributed by atoms with Crippen LogP contribution in [0.1, 0.15) is 24.0 Å². The zero-order chi connectivity index (χ0) is 19.3. The van der Waals surface area contributed by atoms with Crippen LogP contribution in [0, 0.1) is 0 Å². The Morgan fingerprint density at radius 1 is 1.39 bits per heavy atom. The Bertz CT molecular complexity index is 921. The number of halogens is 1. The van der Waals surface area contributed by atoms with Crippen LogP contribution in [0.3, 0.4) is 0 Å². The highest BCUT2D eigenvalue weighted by atomic mass is 79.9. The average Bonchev–Trinajstić information content (AvgIpc) is 3.37. The van der Waals surface area contributed by atoms with Crippen molar-refractivity contribution >= 4 is 33.0 Å². The second-order valence-corrected chi connectivity index (χ2v) is 7.61. The number of pyridine rings is 1. The van der Waals surface area contributed by atoms with E-state index in [0.29, 0.717) is 38.2 Å². The molecule has 148 valence electrons. The van der Waals surface area contributed by atoms with Crippen molar-refractivity contribution in [1.82, 2.24) is 25.2 Å². The van der Waals surface area contributed by atoms with E-state index in [1.54, 1.807) is 12.5 Å². The first-order valence-corrected chi connectivity index (χ1v) is 10.1. The molecule has 0 aliphatic carbocycles. The summed E-state index contributed by atoms with van der Waals surface area (Å²) in [4.78, 5) is 26.6. The summed E-state index contributed by atoms with van der Waals surface area (Å²) in [5, 5.41) is 3.04. The Morgan fingerprint density at radius 2 is 2.25 bits per heavy atom. The molecule has 1 fully saturated rings. The molecule has 0 saturated carbocycles. The predicted octanol–water partition coefficient (Wildman–Crippen LogP) is 2.44. The molecule has 0 aromatic carbocycles. The number of aryl methyl sites for hydroxylation is 1. The number of hydrogen-bond donors (Lipinski definition) is 2. The lowest BCUT2D eigenvalue weighted by molar-refractivity contribution is -0.121. The third kappa shape index (κ3) is 4.60. The molecule has 4 heterocycles. The molecular formula is C19H22BrN5O3. The summed E-state index contributed by atoms with van der Waals surface area (Å²) >= 11 is 3.39. The van der Waals surface area contributed by atoms with Gasteiger partial charge in [-0.05, 0) is 34.1 Å². The van der Waals surface area contributed by atoms with Crippen LogP contribution in [0.25, 0.3) is 11.2 Å². The molecule has 0 bridgehead atoms. The maximum atomic E-state index is 12.4. The van der Waals surface area contributed by atoms with Crippen LogP contribution in [-0.4, -0.2) is 58.6 Å². The molecular weight excluding hydrogens is 426 g/mol. The predicted molar refractivity (Wildman–Crippen MR) is 107 cm³/mol. The summed E-state index contributed by atoms with van der Waals surface area (Å²) < 4.78 is 11.9. The lowest BCUT2D eigenvalue weighted by Gasteiger charge is -2.33. The number of imidazole rings is 1. The molecule has 1 saturated heterocycles. The quantitative estimate of drug-likeness (QED) is 0.577. The van der Waals surface area contributed by atoms with E-state index in [0.717, 1.165) is 34.7 Å². The number of carbonyl (C=O) groups excluding carboxylic acids is 1. The molecule has 0 unspecified atom stereocenters. The highest BCUT2D eigenvalue weighted by molar-refractivity contribution is 9.10. The fraction of sp³-hybridized carbons (Fsp3) is 0.421. The molecule has 0 spiro atoms. The van der Waals surface area contributed by atoms with E-state index in [9.17, 15) is 4.79 Å². The lowest BCUT2D eigenvalue weighted by Crippen LogP contribution is -2.43. The lowest BCUT2D eigenvalue weighted by atomic mass is 10.1. The van der Waals surface area contributed by atoms with Crippen molar-refractivity contribution in [1.29, 1.82) is 0 Å². The number of rotatable bonds is 7. The van der Waals surface area contributed by atoms with Gasteiger partial charge in [0.15, 0.2) is 5.65 Å². The fourth-order valence-electron chi connectivity index (χ4n) is 3.35. The normalized spacial score (nSPS) is 16.3. The van der Waals surface area contributed by atoms with Gasteiger partial charge < -0.3 is 19.5 Å². The number of aromatic nitrogens is 3. The van der Waals surface area contributed by atoms with Crippen LogP contribution < -0.4 is 5.32 Å². The highest BCUT2D eigenvalue weighted by Gasteiger charge is 2.25. The molecule has 1 aliphatic heterocycles. The van der Waals surface area contributed by atoms with E-state index in [1.807, 2.05) is 18.2 Å². The second-order valence-electron chi connectivity index (χ2n) is 6.69. The van der Waals surface area contributed by atoms with Crippen molar-refractivity contribution < 1.29 is 13.9 Å². The van der Waals surface area contributed by atoms with Crippen molar-refractivity contribution in [2.24, 2.45) is 0 Å². The van der Waals surface area contributed by atoms with Gasteiger partial charge >= 0.3 is 0 Å². The first-order valence-electron chi connectivity index (χ1n) is 9.31. The van der Waals surface area contributed by atoms with Crippen molar-refractivity contribution in [2.75, 3.05) is 32.8 Å². The van der Waals surface area contributed by atoms with E-state index in [2.05, 4.69) is 41.1 Å².